The Bertz CT molecular complexity index is 732. The van der Waals surface area contributed by atoms with Gasteiger partial charge in [-0.25, -0.2) is 8.42 Å². The summed E-state index contributed by atoms with van der Waals surface area (Å²) in [5, 5.41) is 6.54. The van der Waals surface area contributed by atoms with Crippen LogP contribution in [0.5, 0.6) is 5.75 Å². The van der Waals surface area contributed by atoms with E-state index >= 15 is 0 Å². The van der Waals surface area contributed by atoms with Crippen LogP contribution < -0.4 is 15.4 Å². The van der Waals surface area contributed by atoms with Crippen LogP contribution in [0.1, 0.15) is 33.1 Å². The molecule has 0 atom stereocenters. The largest absolute Gasteiger partial charge is 0.495 e. The lowest BCUT2D eigenvalue weighted by Gasteiger charge is -2.18. The molecule has 0 bridgehead atoms. The van der Waals surface area contributed by atoms with Gasteiger partial charge >= 0.3 is 0 Å². The minimum atomic E-state index is -3.50. The fraction of sp³-hybridized carbons (Fsp3) is 0.611. The van der Waals surface area contributed by atoms with Gasteiger partial charge in [-0.3, -0.25) is 0 Å². The molecule has 1 aromatic rings. The number of rotatable bonds is 9. The zero-order valence-electron chi connectivity index (χ0n) is 16.2. The van der Waals surface area contributed by atoms with Crippen LogP contribution in [0.15, 0.2) is 23.1 Å². The fourth-order valence-electron chi connectivity index (χ4n) is 2.78. The lowest BCUT2D eigenvalue weighted by Crippen LogP contribution is -2.30. The van der Waals surface area contributed by atoms with Gasteiger partial charge in [-0.05, 0) is 63.5 Å². The molecule has 0 saturated carbocycles. The third-order valence-corrected chi connectivity index (χ3v) is 6.32. The number of methoxy groups -OCH3 is 1. The SMILES string of the molecule is COc1ccc(S(=O)(=O)N2CCCC2)cc1NC(=S)NCCCOC(C)C. The molecule has 152 valence electrons. The van der Waals surface area contributed by atoms with E-state index in [1.165, 1.54) is 11.4 Å². The molecule has 1 aromatic carbocycles. The molecule has 0 amide bonds. The highest BCUT2D eigenvalue weighted by Gasteiger charge is 2.27. The van der Waals surface area contributed by atoms with E-state index in [0.29, 0.717) is 42.8 Å². The normalized spacial score (nSPS) is 15.1. The Hall–Kier alpha value is -1.42. The molecule has 2 N–H and O–H groups in total. The van der Waals surface area contributed by atoms with Gasteiger partial charge in [-0.15, -0.1) is 0 Å². The van der Waals surface area contributed by atoms with Crippen molar-refractivity contribution in [3.8, 4) is 5.75 Å². The summed E-state index contributed by atoms with van der Waals surface area (Å²) in [6.07, 6.45) is 2.82. The number of hydrogen-bond acceptors (Lipinski definition) is 5. The Morgan fingerprint density at radius 2 is 2.00 bits per heavy atom. The van der Waals surface area contributed by atoms with E-state index in [9.17, 15) is 8.42 Å². The topological polar surface area (TPSA) is 79.9 Å². The smallest absolute Gasteiger partial charge is 0.243 e. The quantitative estimate of drug-likeness (QED) is 0.474. The zero-order chi connectivity index (χ0) is 19.9. The van der Waals surface area contributed by atoms with Gasteiger partial charge in [-0.2, -0.15) is 4.31 Å². The second-order valence-corrected chi connectivity index (χ2v) is 8.97. The number of nitrogens with one attached hydrogen (secondary N) is 2. The van der Waals surface area contributed by atoms with Crippen LogP contribution in [0.2, 0.25) is 0 Å². The Kier molecular flexibility index (Phi) is 8.28. The van der Waals surface area contributed by atoms with Gasteiger partial charge in [-0.1, -0.05) is 0 Å². The molecule has 1 saturated heterocycles. The van der Waals surface area contributed by atoms with E-state index in [2.05, 4.69) is 10.6 Å². The van der Waals surface area contributed by atoms with Crippen LogP contribution in [-0.2, 0) is 14.8 Å². The molecule has 1 aliphatic heterocycles. The highest BCUT2D eigenvalue weighted by molar-refractivity contribution is 7.89. The molecule has 0 radical (unpaired) electrons. The van der Waals surface area contributed by atoms with Crippen molar-refractivity contribution in [1.82, 2.24) is 9.62 Å². The van der Waals surface area contributed by atoms with Crippen molar-refractivity contribution >= 4 is 33.0 Å². The van der Waals surface area contributed by atoms with Crippen molar-refractivity contribution in [3.05, 3.63) is 18.2 Å². The highest BCUT2D eigenvalue weighted by Crippen LogP contribution is 2.30. The molecule has 1 heterocycles. The molecule has 2 rings (SSSR count). The first-order valence-electron chi connectivity index (χ1n) is 9.19. The average Bonchev–Trinajstić information content (AvgIpc) is 3.16. The van der Waals surface area contributed by atoms with E-state index in [-0.39, 0.29) is 11.0 Å². The maximum absolute atomic E-state index is 12.8. The highest BCUT2D eigenvalue weighted by atomic mass is 32.2. The van der Waals surface area contributed by atoms with E-state index < -0.39 is 10.0 Å². The number of nitrogens with zero attached hydrogens (tertiary/aromatic N) is 1. The molecular weight excluding hydrogens is 386 g/mol. The molecule has 7 nitrogen and oxygen atoms in total. The van der Waals surface area contributed by atoms with Crippen LogP contribution in [-0.4, -0.2) is 57.3 Å². The Labute approximate surface area is 167 Å². The number of ether oxygens (including phenoxy) is 2. The molecule has 1 fully saturated rings. The third-order valence-electron chi connectivity index (χ3n) is 4.18. The van der Waals surface area contributed by atoms with Crippen LogP contribution in [0.25, 0.3) is 0 Å². The summed E-state index contributed by atoms with van der Waals surface area (Å²) >= 11 is 5.31. The van der Waals surface area contributed by atoms with E-state index in [0.717, 1.165) is 19.3 Å². The lowest BCUT2D eigenvalue weighted by molar-refractivity contribution is 0.0777. The molecule has 0 aromatic heterocycles. The summed E-state index contributed by atoms with van der Waals surface area (Å²) in [7, 11) is -1.96. The van der Waals surface area contributed by atoms with Crippen LogP contribution in [0, 0.1) is 0 Å². The van der Waals surface area contributed by atoms with Crippen LogP contribution in [0.4, 0.5) is 5.69 Å². The number of sulfonamides is 1. The van der Waals surface area contributed by atoms with Gasteiger partial charge in [0.05, 0.1) is 23.8 Å². The van der Waals surface area contributed by atoms with Gasteiger partial charge in [0, 0.05) is 26.2 Å². The second kappa shape index (κ2) is 10.2. The van der Waals surface area contributed by atoms with Gasteiger partial charge in [0.2, 0.25) is 10.0 Å². The maximum Gasteiger partial charge on any atom is 0.243 e. The molecule has 9 heteroatoms. The third kappa shape index (κ3) is 6.31. The maximum atomic E-state index is 12.8. The van der Waals surface area contributed by atoms with E-state index in [4.69, 9.17) is 21.7 Å². The average molecular weight is 416 g/mol. The van der Waals surface area contributed by atoms with Crippen molar-refractivity contribution < 1.29 is 17.9 Å². The summed E-state index contributed by atoms with van der Waals surface area (Å²) < 4.78 is 37.9. The van der Waals surface area contributed by atoms with Gasteiger partial charge < -0.3 is 20.1 Å². The molecule has 0 unspecified atom stereocenters. The van der Waals surface area contributed by atoms with E-state index in [1.807, 2.05) is 13.8 Å². The summed E-state index contributed by atoms with van der Waals surface area (Å²) in [6.45, 7) is 6.43. The summed E-state index contributed by atoms with van der Waals surface area (Å²) in [6, 6.07) is 4.78. The van der Waals surface area contributed by atoms with Crippen molar-refractivity contribution in [2.24, 2.45) is 0 Å². The monoisotopic (exact) mass is 415 g/mol. The van der Waals surface area contributed by atoms with Gasteiger partial charge in [0.25, 0.3) is 0 Å². The molecule has 0 aliphatic carbocycles. The predicted octanol–water partition coefficient (Wildman–Crippen LogP) is 2.58. The zero-order valence-corrected chi connectivity index (χ0v) is 17.8. The van der Waals surface area contributed by atoms with Crippen LogP contribution in [0.3, 0.4) is 0 Å². The van der Waals surface area contributed by atoms with E-state index in [1.54, 1.807) is 18.2 Å². The minimum absolute atomic E-state index is 0.208. The molecule has 0 spiro atoms. The first-order chi connectivity index (χ1) is 12.8. The van der Waals surface area contributed by atoms with Crippen molar-refractivity contribution in [3.63, 3.8) is 0 Å². The summed E-state index contributed by atoms with van der Waals surface area (Å²) in [4.78, 5) is 0.237. The molecule has 1 aliphatic rings. The Morgan fingerprint density at radius 3 is 2.63 bits per heavy atom. The summed E-state index contributed by atoms with van der Waals surface area (Å²) in [5.41, 5.74) is 0.522. The number of benzene rings is 1. The standard InChI is InChI=1S/C18H29N3O4S2/c1-14(2)25-12-6-9-19-18(26)20-16-13-15(7-8-17(16)24-3)27(22,23)21-10-4-5-11-21/h7-8,13-14H,4-6,9-12H2,1-3H3,(H2,19,20,26). The van der Waals surface area contributed by atoms with Gasteiger partial charge in [0.1, 0.15) is 5.75 Å². The number of hydrogen-bond donors (Lipinski definition) is 2. The lowest BCUT2D eigenvalue weighted by atomic mass is 10.3. The summed E-state index contributed by atoms with van der Waals surface area (Å²) in [5.74, 6) is 0.530. The Balaban J connectivity index is 2.01. The Morgan fingerprint density at radius 1 is 1.30 bits per heavy atom. The van der Waals surface area contributed by atoms with Crippen LogP contribution >= 0.6 is 12.2 Å². The predicted molar refractivity (Wildman–Crippen MR) is 111 cm³/mol. The van der Waals surface area contributed by atoms with Gasteiger partial charge in [0.15, 0.2) is 5.11 Å². The first-order valence-corrected chi connectivity index (χ1v) is 11.0. The molecule has 27 heavy (non-hydrogen) atoms. The van der Waals surface area contributed by atoms with Crippen molar-refractivity contribution in [1.29, 1.82) is 0 Å². The minimum Gasteiger partial charge on any atom is -0.495 e. The first kappa shape index (κ1) is 21.9. The molecular formula is C18H29N3O4S2. The number of thiocarbonyl (C=S) groups is 1. The number of anilines is 1. The second-order valence-electron chi connectivity index (χ2n) is 6.63. The van der Waals surface area contributed by atoms with Crippen molar-refractivity contribution in [2.45, 2.75) is 44.1 Å². The fourth-order valence-corrected chi connectivity index (χ4v) is 4.54. The van der Waals surface area contributed by atoms with Crippen molar-refractivity contribution in [2.75, 3.05) is 38.7 Å².